The number of benzene rings is 23. The summed E-state index contributed by atoms with van der Waals surface area (Å²) >= 11 is 0.696. The van der Waals surface area contributed by atoms with E-state index in [1.165, 1.54) is 188 Å². The van der Waals surface area contributed by atoms with Crippen molar-refractivity contribution in [1.29, 1.82) is 0 Å². The molecule has 5 aromatic heterocycles. The molecule has 29 rings (SSSR count). The molecule has 1 aliphatic carbocycles. The van der Waals surface area contributed by atoms with Crippen molar-refractivity contribution in [2.45, 2.75) is 6.42 Å². The second kappa shape index (κ2) is 38.0. The van der Waals surface area contributed by atoms with Crippen LogP contribution in [0.2, 0.25) is 0 Å². The van der Waals surface area contributed by atoms with Gasteiger partial charge in [-0.1, -0.05) is 243 Å². The summed E-state index contributed by atoms with van der Waals surface area (Å²) in [5, 5.41) is 13.0. The minimum atomic E-state index is 0.340. The van der Waals surface area contributed by atoms with E-state index in [9.17, 15) is 0 Å². The first kappa shape index (κ1) is 87.9. The molecule has 0 atom stereocenters. The van der Waals surface area contributed by atoms with Gasteiger partial charge in [-0.15, -0.1) is 0 Å². The Labute approximate surface area is 865 Å². The molecule has 5 heterocycles. The van der Waals surface area contributed by atoms with Gasteiger partial charge in [-0.3, -0.25) is 0 Å². The molecule has 0 fully saturated rings. The van der Waals surface area contributed by atoms with Gasteiger partial charge >= 0.3 is 396 Å². The number of hydrogen-bond donors (Lipinski definition) is 0. The van der Waals surface area contributed by atoms with Crippen molar-refractivity contribution in [3.8, 4) is 83.8 Å². The van der Waals surface area contributed by atoms with Gasteiger partial charge < -0.3 is 18.6 Å². The third-order valence-corrected chi connectivity index (χ3v) is 33.9. The number of rotatable bonds is 17. The molecule has 147 heavy (non-hydrogen) atoms. The molecule has 0 aliphatic heterocycles. The predicted octanol–water partition coefficient (Wildman–Crippen LogP) is 37.4. The second-order valence-corrected chi connectivity index (χ2v) is 42.3. The van der Waals surface area contributed by atoms with E-state index >= 15 is 0 Å². The SMILES string of the molecule is c1ccc(-c2ccc(N(c3ccc(-c4ccc5c(c4)[se]c4ccccc45)cc3)c3ccc4c(c3)c3ccccc3n4-c3ccccc3)cc2)cc1.c1ccc(-c2ccccc2N(c2ccc(-c3ccc4c(c3)Cc3ccccc3-4)cc2)c2ccc3c(c2)c2ccccc2n3-c2ccccc2)cc1.c1ccc(N(c2ccc(-c3ccc4c(c3)[se]c3ccccc34)cc2)c2ccc3c(c2)c2ccccc2n3-c2ccccc2)cc1. The second-order valence-electron chi connectivity index (χ2n) is 37.8. The van der Waals surface area contributed by atoms with Crippen LogP contribution >= 0.6 is 0 Å². The molecule has 0 radical (unpaired) electrons. The summed E-state index contributed by atoms with van der Waals surface area (Å²) in [7, 11) is 0. The molecule has 0 N–H and O–H groups in total. The van der Waals surface area contributed by atoms with E-state index < -0.39 is 0 Å². The van der Waals surface area contributed by atoms with Gasteiger partial charge in [0.05, 0.1) is 27.8 Å². The van der Waals surface area contributed by atoms with Gasteiger partial charge in [0.15, 0.2) is 0 Å². The summed E-state index contributed by atoms with van der Waals surface area (Å²) in [6.07, 6.45) is 0.991. The Balaban J connectivity index is 0.000000109. The van der Waals surface area contributed by atoms with Crippen molar-refractivity contribution in [3.63, 3.8) is 0 Å². The van der Waals surface area contributed by atoms with Crippen LogP contribution in [0, 0.1) is 0 Å². The van der Waals surface area contributed by atoms with Gasteiger partial charge in [-0.05, 0) is 142 Å². The fourth-order valence-electron chi connectivity index (χ4n) is 22.3. The van der Waals surface area contributed by atoms with E-state index in [4.69, 9.17) is 0 Å². The summed E-state index contributed by atoms with van der Waals surface area (Å²) in [5.74, 6) is 0. The number of anilines is 9. The predicted molar refractivity (Wildman–Crippen MR) is 626 cm³/mol. The Morgan fingerprint density at radius 3 is 0.864 bits per heavy atom. The Hall–Kier alpha value is -18.1. The summed E-state index contributed by atoms with van der Waals surface area (Å²) in [6.45, 7) is 0. The van der Waals surface area contributed by atoms with Crippen LogP contribution in [0.1, 0.15) is 11.1 Å². The molecule has 6 nitrogen and oxygen atoms in total. The first-order valence-electron chi connectivity index (χ1n) is 50.3. The van der Waals surface area contributed by atoms with Gasteiger partial charge in [-0.2, -0.15) is 0 Å². The van der Waals surface area contributed by atoms with Gasteiger partial charge in [-0.25, -0.2) is 0 Å². The molecule has 28 aromatic rings. The quantitative estimate of drug-likeness (QED) is 0.0850. The van der Waals surface area contributed by atoms with E-state index in [2.05, 4.69) is 587 Å². The standard InChI is InChI=1S/C49H34N2.C48H32N2Se.C42H28N2Se/c1-3-13-35(14-4-1)44-19-9-11-21-47(44)50(40-26-23-34(24-27-40)36-25-29-43-38(31-36)32-37-15-7-8-18-42(37)43)41-28-30-49-46(33-41)45-20-10-12-22-48(45)51(49)39-16-5-2-6-17-39;1-3-11-33(12-4-1)34-19-24-38(25-20-34)49(39-26-21-35(22-27-39)36-23-29-43-42-16-8-10-18-47(42)51-48(43)31-36)40-28-30-46-44(32-40)41-15-7-9-17-45(41)50(46)37-13-5-2-6-14-37;1-3-11-31(12-4-1)43(33-22-19-29(20-23-33)30-21-25-37-36-16-8-10-18-41(36)45-42(37)27-30)34-24-26-40-38(28-34)35-15-7-9-17-39(35)44(40)32-13-5-2-6-14-32/h1-31,33H,32H2;1-32H;1-28H. The summed E-state index contributed by atoms with van der Waals surface area (Å²) in [5.41, 5.74) is 38.7. The Morgan fingerprint density at radius 2 is 0.429 bits per heavy atom. The van der Waals surface area contributed by atoms with Crippen molar-refractivity contribution in [3.05, 3.63) is 569 Å². The molecule has 0 spiro atoms. The van der Waals surface area contributed by atoms with Crippen LogP contribution in [0.5, 0.6) is 0 Å². The number of nitrogens with zero attached hydrogens (tertiary/aromatic N) is 6. The zero-order chi connectivity index (χ0) is 97.2. The average Bonchev–Trinajstić information content (AvgIpc) is 1.52. The van der Waals surface area contributed by atoms with Crippen molar-refractivity contribution < 1.29 is 0 Å². The van der Waals surface area contributed by atoms with E-state index in [1.807, 2.05) is 0 Å². The van der Waals surface area contributed by atoms with E-state index in [0.29, 0.717) is 29.0 Å². The molecule has 0 bridgehead atoms. The van der Waals surface area contributed by atoms with Crippen LogP contribution in [0.4, 0.5) is 51.2 Å². The third-order valence-electron chi connectivity index (χ3n) is 29.2. The topological polar surface area (TPSA) is 24.5 Å². The Morgan fingerprint density at radius 1 is 0.150 bits per heavy atom. The first-order chi connectivity index (χ1) is 72.9. The number of aromatic nitrogens is 3. The summed E-state index contributed by atoms with van der Waals surface area (Å²) in [6, 6.07) is 203. The average molecular weight is 2010 g/mol. The normalized spacial score (nSPS) is 11.6. The maximum absolute atomic E-state index is 2.42. The Bertz CT molecular complexity index is 9800. The van der Waals surface area contributed by atoms with E-state index in [-0.39, 0.29) is 0 Å². The molecule has 1 aliphatic rings. The van der Waals surface area contributed by atoms with Gasteiger partial charge in [0.1, 0.15) is 0 Å². The number of fused-ring (bicyclic) bond motifs is 18. The maximum atomic E-state index is 2.42. The van der Waals surface area contributed by atoms with Crippen molar-refractivity contribution >= 4 is 184 Å². The van der Waals surface area contributed by atoms with Crippen LogP contribution in [0.3, 0.4) is 0 Å². The van der Waals surface area contributed by atoms with Crippen molar-refractivity contribution in [2.75, 3.05) is 14.7 Å². The van der Waals surface area contributed by atoms with Crippen LogP contribution in [-0.2, 0) is 6.42 Å². The van der Waals surface area contributed by atoms with Gasteiger partial charge in [0.25, 0.3) is 0 Å². The zero-order valence-electron chi connectivity index (χ0n) is 80.3. The monoisotopic (exact) mass is 2010 g/mol. The zero-order valence-corrected chi connectivity index (χ0v) is 83.7. The number of hydrogen-bond acceptors (Lipinski definition) is 3. The first-order valence-corrected chi connectivity index (χ1v) is 53.7. The van der Waals surface area contributed by atoms with Crippen molar-refractivity contribution in [2.24, 2.45) is 0 Å². The third kappa shape index (κ3) is 16.3. The van der Waals surface area contributed by atoms with Crippen LogP contribution in [0.15, 0.2) is 558 Å². The van der Waals surface area contributed by atoms with Crippen molar-refractivity contribution in [1.82, 2.24) is 13.7 Å². The molecule has 0 saturated heterocycles. The fraction of sp³-hybridized carbons (Fsp3) is 0.00719. The molecule has 0 amide bonds. The van der Waals surface area contributed by atoms with Gasteiger partial charge in [0.2, 0.25) is 0 Å². The Kier molecular flexibility index (Phi) is 22.7. The molecular weight excluding hydrogens is 1910 g/mol. The van der Waals surface area contributed by atoms with Crippen LogP contribution in [0.25, 0.3) is 188 Å². The number of para-hydroxylation sites is 8. The van der Waals surface area contributed by atoms with Crippen LogP contribution < -0.4 is 14.7 Å². The molecule has 23 aromatic carbocycles. The molecule has 692 valence electrons. The fourth-order valence-corrected chi connectivity index (χ4v) is 27.1. The van der Waals surface area contributed by atoms with E-state index in [0.717, 1.165) is 69.0 Å². The van der Waals surface area contributed by atoms with Crippen LogP contribution in [-0.4, -0.2) is 42.7 Å². The van der Waals surface area contributed by atoms with Gasteiger partial charge in [0, 0.05) is 44.8 Å². The molecule has 0 saturated carbocycles. The molecule has 0 unspecified atom stereocenters. The molecular formula is C139H94N6Se2. The van der Waals surface area contributed by atoms with E-state index in [1.54, 1.807) is 0 Å². The molecule has 8 heteroatoms. The minimum absolute atomic E-state index is 0.340. The summed E-state index contributed by atoms with van der Waals surface area (Å²) < 4.78 is 13.0. The summed E-state index contributed by atoms with van der Waals surface area (Å²) in [4.78, 5) is 7.16.